The van der Waals surface area contributed by atoms with Crippen molar-refractivity contribution < 1.29 is 13.1 Å². The molecule has 4 heteroatoms. The fraction of sp³-hybridized carbons (Fsp3) is 0.100. The Morgan fingerprint density at radius 3 is 1.96 bits per heavy atom. The minimum absolute atomic E-state index is 0.583. The Hall–Kier alpha value is -2.43. The first kappa shape index (κ1) is 15.1. The molecule has 1 aliphatic heterocycles. The van der Waals surface area contributed by atoms with Crippen LogP contribution in [0.2, 0.25) is 0 Å². The van der Waals surface area contributed by atoms with Crippen molar-refractivity contribution in [3.63, 3.8) is 0 Å². The van der Waals surface area contributed by atoms with Crippen molar-refractivity contribution in [3.8, 4) is 5.75 Å². The van der Waals surface area contributed by atoms with Crippen molar-refractivity contribution in [1.82, 2.24) is 0 Å². The van der Waals surface area contributed by atoms with Crippen molar-refractivity contribution in [2.24, 2.45) is 0 Å². The van der Waals surface area contributed by atoms with Crippen molar-refractivity contribution in [1.29, 1.82) is 0 Å². The van der Waals surface area contributed by atoms with E-state index in [1.807, 2.05) is 78.9 Å². The summed E-state index contributed by atoms with van der Waals surface area (Å²) in [5, 5.41) is 0. The SMILES string of the molecule is COc1cccc2c1S(=O)OC2(c1ccccc1)c1ccccc1. The Balaban J connectivity index is 2.07. The summed E-state index contributed by atoms with van der Waals surface area (Å²) >= 11 is -1.60. The van der Waals surface area contributed by atoms with E-state index in [-0.39, 0.29) is 0 Å². The lowest BCUT2D eigenvalue weighted by Gasteiger charge is -2.29. The molecule has 0 saturated carbocycles. The molecule has 0 spiro atoms. The highest BCUT2D eigenvalue weighted by molar-refractivity contribution is 7.80. The molecule has 3 aromatic rings. The molecule has 1 heterocycles. The van der Waals surface area contributed by atoms with Gasteiger partial charge in [-0.2, -0.15) is 0 Å². The maximum atomic E-state index is 12.8. The van der Waals surface area contributed by atoms with Crippen LogP contribution in [-0.4, -0.2) is 11.3 Å². The molecule has 1 unspecified atom stereocenters. The lowest BCUT2D eigenvalue weighted by molar-refractivity contribution is 0.193. The summed E-state index contributed by atoms with van der Waals surface area (Å²) < 4.78 is 24.4. The Bertz CT molecular complexity index is 852. The third-order valence-electron chi connectivity index (χ3n) is 4.31. The van der Waals surface area contributed by atoms with Gasteiger partial charge in [-0.05, 0) is 17.2 Å². The molecule has 1 aliphatic rings. The van der Waals surface area contributed by atoms with Gasteiger partial charge in [0.25, 0.3) is 0 Å². The van der Waals surface area contributed by atoms with Crippen LogP contribution in [0.1, 0.15) is 16.7 Å². The van der Waals surface area contributed by atoms with E-state index in [0.717, 1.165) is 16.7 Å². The Kier molecular flexibility index (Phi) is 3.71. The highest BCUT2D eigenvalue weighted by atomic mass is 32.2. The third kappa shape index (κ3) is 2.11. The summed E-state index contributed by atoms with van der Waals surface area (Å²) in [6.45, 7) is 0. The van der Waals surface area contributed by atoms with E-state index in [9.17, 15) is 4.21 Å². The highest BCUT2D eigenvalue weighted by Gasteiger charge is 2.48. The number of rotatable bonds is 3. The van der Waals surface area contributed by atoms with Crippen molar-refractivity contribution in [2.45, 2.75) is 10.5 Å². The average molecular weight is 336 g/mol. The molecule has 0 aliphatic carbocycles. The topological polar surface area (TPSA) is 35.5 Å². The Labute approximate surface area is 143 Å². The van der Waals surface area contributed by atoms with Crippen LogP contribution in [0.15, 0.2) is 83.8 Å². The molecule has 4 rings (SSSR count). The zero-order valence-electron chi connectivity index (χ0n) is 13.1. The normalized spacial score (nSPS) is 18.1. The molecule has 0 bridgehead atoms. The minimum Gasteiger partial charge on any atom is -0.495 e. The van der Waals surface area contributed by atoms with Gasteiger partial charge in [0.05, 0.1) is 7.11 Å². The van der Waals surface area contributed by atoms with E-state index < -0.39 is 16.7 Å². The number of ether oxygens (including phenoxy) is 1. The second kappa shape index (κ2) is 5.89. The van der Waals surface area contributed by atoms with E-state index in [2.05, 4.69) is 0 Å². The van der Waals surface area contributed by atoms with Crippen LogP contribution in [0.25, 0.3) is 0 Å². The highest BCUT2D eigenvalue weighted by Crippen LogP contribution is 2.51. The van der Waals surface area contributed by atoms with Gasteiger partial charge in [0.1, 0.15) is 10.6 Å². The molecule has 0 saturated heterocycles. The van der Waals surface area contributed by atoms with Gasteiger partial charge < -0.3 is 4.74 Å². The molecule has 120 valence electrons. The lowest BCUT2D eigenvalue weighted by Crippen LogP contribution is -2.28. The molecule has 0 fully saturated rings. The summed E-state index contributed by atoms with van der Waals surface area (Å²) in [5.74, 6) is 0.583. The minimum atomic E-state index is -1.60. The van der Waals surface area contributed by atoms with E-state index in [0.29, 0.717) is 10.6 Å². The summed E-state index contributed by atoms with van der Waals surface area (Å²) in [4.78, 5) is 0.604. The first-order chi connectivity index (χ1) is 11.8. The Morgan fingerprint density at radius 1 is 0.833 bits per heavy atom. The van der Waals surface area contributed by atoms with Crippen LogP contribution in [-0.2, 0) is 20.9 Å². The Morgan fingerprint density at radius 2 is 1.42 bits per heavy atom. The van der Waals surface area contributed by atoms with Crippen LogP contribution in [0.5, 0.6) is 5.75 Å². The van der Waals surface area contributed by atoms with Gasteiger partial charge in [-0.25, -0.2) is 4.21 Å². The zero-order chi connectivity index (χ0) is 16.6. The molecule has 3 aromatic carbocycles. The average Bonchev–Trinajstić information content (AvgIpc) is 2.97. The quantitative estimate of drug-likeness (QED) is 0.724. The van der Waals surface area contributed by atoms with E-state index in [1.165, 1.54) is 0 Å². The van der Waals surface area contributed by atoms with Gasteiger partial charge >= 0.3 is 0 Å². The van der Waals surface area contributed by atoms with Crippen LogP contribution in [0.3, 0.4) is 0 Å². The fourth-order valence-corrected chi connectivity index (χ4v) is 4.55. The van der Waals surface area contributed by atoms with Gasteiger partial charge in [-0.1, -0.05) is 72.8 Å². The molecular weight excluding hydrogens is 320 g/mol. The number of hydrogen-bond donors (Lipinski definition) is 0. The first-order valence-corrected chi connectivity index (χ1v) is 8.74. The van der Waals surface area contributed by atoms with Crippen molar-refractivity contribution in [3.05, 3.63) is 95.6 Å². The molecule has 0 amide bonds. The standard InChI is InChI=1S/C20H16O3S/c1-22-18-14-8-13-17-19(18)24(21)23-20(17,15-9-4-2-5-10-15)16-11-6-3-7-12-16/h2-14H,1H3. The smallest absolute Gasteiger partial charge is 0.194 e. The monoisotopic (exact) mass is 336 g/mol. The number of hydrogen-bond acceptors (Lipinski definition) is 3. The van der Waals surface area contributed by atoms with E-state index >= 15 is 0 Å². The largest absolute Gasteiger partial charge is 0.495 e. The predicted molar refractivity (Wildman–Crippen MR) is 93.3 cm³/mol. The van der Waals surface area contributed by atoms with Gasteiger partial charge in [-0.15, -0.1) is 0 Å². The van der Waals surface area contributed by atoms with Crippen LogP contribution < -0.4 is 4.74 Å². The van der Waals surface area contributed by atoms with E-state index in [4.69, 9.17) is 8.92 Å². The summed E-state index contributed by atoms with van der Waals surface area (Å²) in [6.07, 6.45) is 0. The second-order valence-electron chi connectivity index (χ2n) is 5.57. The first-order valence-electron chi connectivity index (χ1n) is 7.67. The number of benzene rings is 3. The second-order valence-corrected chi connectivity index (χ2v) is 6.61. The van der Waals surface area contributed by atoms with Crippen molar-refractivity contribution in [2.75, 3.05) is 7.11 Å². The van der Waals surface area contributed by atoms with Gasteiger partial charge in [0.2, 0.25) is 0 Å². The molecule has 24 heavy (non-hydrogen) atoms. The molecular formula is C20H16O3S. The van der Waals surface area contributed by atoms with Crippen LogP contribution in [0, 0.1) is 0 Å². The van der Waals surface area contributed by atoms with Crippen molar-refractivity contribution >= 4 is 11.1 Å². The van der Waals surface area contributed by atoms with Gasteiger partial charge in [-0.3, -0.25) is 4.18 Å². The third-order valence-corrected chi connectivity index (χ3v) is 5.46. The molecule has 3 nitrogen and oxygen atoms in total. The van der Waals surface area contributed by atoms with Crippen LogP contribution >= 0.6 is 0 Å². The van der Waals surface area contributed by atoms with Crippen LogP contribution in [0.4, 0.5) is 0 Å². The molecule has 0 radical (unpaired) electrons. The predicted octanol–water partition coefficient (Wildman–Crippen LogP) is 4.04. The van der Waals surface area contributed by atoms with E-state index in [1.54, 1.807) is 7.11 Å². The van der Waals surface area contributed by atoms with Gasteiger partial charge in [0.15, 0.2) is 16.7 Å². The summed E-state index contributed by atoms with van der Waals surface area (Å²) in [7, 11) is 1.58. The summed E-state index contributed by atoms with van der Waals surface area (Å²) in [5.41, 5.74) is 1.84. The number of methoxy groups -OCH3 is 1. The maximum absolute atomic E-state index is 12.8. The lowest BCUT2D eigenvalue weighted by atomic mass is 9.80. The molecule has 1 atom stereocenters. The fourth-order valence-electron chi connectivity index (χ4n) is 3.25. The number of fused-ring (bicyclic) bond motifs is 1. The molecule has 0 aromatic heterocycles. The maximum Gasteiger partial charge on any atom is 0.194 e. The zero-order valence-corrected chi connectivity index (χ0v) is 14.0. The van der Waals surface area contributed by atoms with Gasteiger partial charge in [0, 0.05) is 5.56 Å². The summed E-state index contributed by atoms with van der Waals surface area (Å²) in [6, 6.07) is 25.4. The molecule has 0 N–H and O–H groups in total.